The molecule has 0 fully saturated rings. The van der Waals surface area contributed by atoms with E-state index in [1.54, 1.807) is 32.4 Å². The summed E-state index contributed by atoms with van der Waals surface area (Å²) < 4.78 is 16.4. The number of methoxy groups -OCH3 is 2. The zero-order valence-electron chi connectivity index (χ0n) is 12.9. The van der Waals surface area contributed by atoms with Crippen LogP contribution in [-0.2, 0) is 9.53 Å². The molecular formula is C16H22O5. The predicted octanol–water partition coefficient (Wildman–Crippen LogP) is 2.99. The number of hydrogen-bond donors (Lipinski definition) is 1. The third-order valence-corrected chi connectivity index (χ3v) is 3.14. The van der Waals surface area contributed by atoms with E-state index in [9.17, 15) is 4.79 Å². The van der Waals surface area contributed by atoms with Gasteiger partial charge in [-0.1, -0.05) is 12.1 Å². The van der Waals surface area contributed by atoms with Crippen molar-refractivity contribution in [2.45, 2.75) is 25.9 Å². The SMILES string of the molecule is COc1cccc(/C=C/C(=O)O)c1OCCC(C)(C)OC. The van der Waals surface area contributed by atoms with Crippen molar-refractivity contribution in [1.29, 1.82) is 0 Å². The molecule has 1 N–H and O–H groups in total. The summed E-state index contributed by atoms with van der Waals surface area (Å²) in [6, 6.07) is 5.33. The van der Waals surface area contributed by atoms with Gasteiger partial charge in [0.25, 0.3) is 0 Å². The third-order valence-electron chi connectivity index (χ3n) is 3.14. The van der Waals surface area contributed by atoms with Crippen LogP contribution in [-0.4, -0.2) is 37.5 Å². The topological polar surface area (TPSA) is 65.0 Å². The fourth-order valence-corrected chi connectivity index (χ4v) is 1.64. The maximum absolute atomic E-state index is 10.6. The van der Waals surface area contributed by atoms with Crippen LogP contribution in [0.2, 0.25) is 0 Å². The summed E-state index contributed by atoms with van der Waals surface area (Å²) in [7, 11) is 3.20. The fourth-order valence-electron chi connectivity index (χ4n) is 1.64. The van der Waals surface area contributed by atoms with Gasteiger partial charge in [0.1, 0.15) is 0 Å². The summed E-state index contributed by atoms with van der Waals surface area (Å²) in [6.45, 7) is 4.39. The van der Waals surface area contributed by atoms with E-state index in [0.717, 1.165) is 6.08 Å². The Kier molecular flexibility index (Phi) is 6.24. The molecule has 0 aliphatic rings. The van der Waals surface area contributed by atoms with E-state index in [2.05, 4.69) is 0 Å². The molecule has 0 bridgehead atoms. The normalized spacial score (nSPS) is 11.6. The Morgan fingerprint density at radius 2 is 2.05 bits per heavy atom. The van der Waals surface area contributed by atoms with Gasteiger partial charge in [0.15, 0.2) is 11.5 Å². The van der Waals surface area contributed by atoms with Crippen molar-refractivity contribution in [2.24, 2.45) is 0 Å². The van der Waals surface area contributed by atoms with Crippen LogP contribution in [0, 0.1) is 0 Å². The molecule has 0 radical (unpaired) electrons. The largest absolute Gasteiger partial charge is 0.493 e. The molecule has 0 aliphatic carbocycles. The van der Waals surface area contributed by atoms with Crippen LogP contribution in [0.15, 0.2) is 24.3 Å². The minimum Gasteiger partial charge on any atom is -0.493 e. The number of rotatable bonds is 8. The van der Waals surface area contributed by atoms with E-state index in [1.165, 1.54) is 6.08 Å². The van der Waals surface area contributed by atoms with Crippen LogP contribution in [0.25, 0.3) is 6.08 Å². The van der Waals surface area contributed by atoms with Crippen LogP contribution in [0.1, 0.15) is 25.8 Å². The highest BCUT2D eigenvalue weighted by Gasteiger charge is 2.17. The smallest absolute Gasteiger partial charge is 0.328 e. The number of hydrogen-bond acceptors (Lipinski definition) is 4. The molecule has 116 valence electrons. The van der Waals surface area contributed by atoms with Gasteiger partial charge in [-0.2, -0.15) is 0 Å². The maximum Gasteiger partial charge on any atom is 0.328 e. The molecule has 0 atom stereocenters. The molecule has 0 aliphatic heterocycles. The lowest BCUT2D eigenvalue weighted by molar-refractivity contribution is -0.131. The molecule has 0 heterocycles. The number of carbonyl (C=O) groups is 1. The molecule has 5 heteroatoms. The first-order chi connectivity index (χ1) is 9.89. The highest BCUT2D eigenvalue weighted by Crippen LogP contribution is 2.32. The summed E-state index contributed by atoms with van der Waals surface area (Å²) in [4.78, 5) is 10.6. The Morgan fingerprint density at radius 1 is 1.33 bits per heavy atom. The third kappa shape index (κ3) is 5.47. The average Bonchev–Trinajstić information content (AvgIpc) is 2.45. The van der Waals surface area contributed by atoms with Gasteiger partial charge < -0.3 is 19.3 Å². The zero-order valence-corrected chi connectivity index (χ0v) is 12.9. The Bertz CT molecular complexity index is 505. The second-order valence-electron chi connectivity index (χ2n) is 5.11. The molecule has 1 aromatic rings. The summed E-state index contributed by atoms with van der Waals surface area (Å²) >= 11 is 0. The summed E-state index contributed by atoms with van der Waals surface area (Å²) in [5.41, 5.74) is 0.381. The highest BCUT2D eigenvalue weighted by atomic mass is 16.5. The molecule has 0 saturated carbocycles. The number of carboxylic acid groups (broad SMARTS) is 1. The first-order valence-corrected chi connectivity index (χ1v) is 6.65. The van der Waals surface area contributed by atoms with Crippen LogP contribution in [0.3, 0.4) is 0 Å². The van der Waals surface area contributed by atoms with Crippen molar-refractivity contribution < 1.29 is 24.1 Å². The zero-order chi connectivity index (χ0) is 15.9. The van der Waals surface area contributed by atoms with E-state index >= 15 is 0 Å². The standard InChI is InChI=1S/C16H22O5/c1-16(2,20-4)10-11-21-15-12(8-9-14(17)18)6-5-7-13(15)19-3/h5-9H,10-11H2,1-4H3,(H,17,18)/b9-8+. The summed E-state index contributed by atoms with van der Waals surface area (Å²) in [5, 5.41) is 8.73. The second kappa shape index (κ2) is 7.69. The lowest BCUT2D eigenvalue weighted by atomic mass is 10.1. The number of aliphatic carboxylic acids is 1. The molecule has 0 spiro atoms. The van der Waals surface area contributed by atoms with Crippen LogP contribution in [0.5, 0.6) is 11.5 Å². The molecule has 0 amide bonds. The highest BCUT2D eigenvalue weighted by molar-refractivity contribution is 5.86. The minimum absolute atomic E-state index is 0.279. The van der Waals surface area contributed by atoms with Crippen molar-refractivity contribution in [3.05, 3.63) is 29.8 Å². The van der Waals surface area contributed by atoms with Gasteiger partial charge in [-0.05, 0) is 26.0 Å². The second-order valence-corrected chi connectivity index (χ2v) is 5.11. The van der Waals surface area contributed by atoms with Gasteiger partial charge in [0.05, 0.1) is 19.3 Å². The van der Waals surface area contributed by atoms with Crippen molar-refractivity contribution in [1.82, 2.24) is 0 Å². The molecule has 1 rings (SSSR count). The van der Waals surface area contributed by atoms with Gasteiger partial charge in [-0.25, -0.2) is 4.79 Å². The fraction of sp³-hybridized carbons (Fsp3) is 0.438. The molecule has 21 heavy (non-hydrogen) atoms. The number of ether oxygens (including phenoxy) is 3. The van der Waals surface area contributed by atoms with Gasteiger partial charge in [-0.3, -0.25) is 0 Å². The summed E-state index contributed by atoms with van der Waals surface area (Å²) in [5.74, 6) is 0.0893. The first kappa shape index (κ1) is 17.0. The first-order valence-electron chi connectivity index (χ1n) is 6.65. The van der Waals surface area contributed by atoms with Gasteiger partial charge in [-0.15, -0.1) is 0 Å². The monoisotopic (exact) mass is 294 g/mol. The number of carboxylic acids is 1. The van der Waals surface area contributed by atoms with Crippen LogP contribution < -0.4 is 9.47 Å². The van der Waals surface area contributed by atoms with Crippen molar-refractivity contribution in [3.63, 3.8) is 0 Å². The van der Waals surface area contributed by atoms with E-state index in [1.807, 2.05) is 13.8 Å². The minimum atomic E-state index is -1.01. The Labute approximate surface area is 125 Å². The molecular weight excluding hydrogens is 272 g/mol. The molecule has 5 nitrogen and oxygen atoms in total. The van der Waals surface area contributed by atoms with Gasteiger partial charge in [0, 0.05) is 25.2 Å². The van der Waals surface area contributed by atoms with E-state index in [4.69, 9.17) is 19.3 Å². The van der Waals surface area contributed by atoms with Crippen molar-refractivity contribution in [2.75, 3.05) is 20.8 Å². The molecule has 1 aromatic carbocycles. The lowest BCUT2D eigenvalue weighted by Gasteiger charge is -2.23. The molecule has 0 unspecified atom stereocenters. The quantitative estimate of drug-likeness (QED) is 0.747. The van der Waals surface area contributed by atoms with E-state index in [-0.39, 0.29) is 5.60 Å². The lowest BCUT2D eigenvalue weighted by Crippen LogP contribution is -2.25. The van der Waals surface area contributed by atoms with Crippen LogP contribution in [0.4, 0.5) is 0 Å². The Balaban J connectivity index is 2.89. The maximum atomic E-state index is 10.6. The van der Waals surface area contributed by atoms with E-state index < -0.39 is 5.97 Å². The van der Waals surface area contributed by atoms with Crippen molar-refractivity contribution >= 4 is 12.0 Å². The molecule has 0 aromatic heterocycles. The molecule has 0 saturated heterocycles. The Morgan fingerprint density at radius 3 is 2.62 bits per heavy atom. The van der Waals surface area contributed by atoms with Crippen molar-refractivity contribution in [3.8, 4) is 11.5 Å². The Hall–Kier alpha value is -2.01. The van der Waals surface area contributed by atoms with Gasteiger partial charge in [0.2, 0.25) is 0 Å². The predicted molar refractivity (Wildman–Crippen MR) is 80.9 cm³/mol. The number of para-hydroxylation sites is 1. The average molecular weight is 294 g/mol. The van der Waals surface area contributed by atoms with E-state index in [0.29, 0.717) is 30.1 Å². The summed E-state index contributed by atoms with van der Waals surface area (Å²) in [6.07, 6.45) is 3.26. The number of benzene rings is 1. The van der Waals surface area contributed by atoms with Crippen LogP contribution >= 0.6 is 0 Å². The van der Waals surface area contributed by atoms with Gasteiger partial charge >= 0.3 is 5.97 Å².